The molecule has 0 saturated heterocycles. The van der Waals surface area contributed by atoms with Crippen LogP contribution < -0.4 is 5.32 Å². The number of aryl methyl sites for hydroxylation is 1. The fraction of sp³-hybridized carbons (Fsp3) is 0.0714. The molecular weight excluding hydrogens is 280 g/mol. The van der Waals surface area contributed by atoms with E-state index < -0.39 is 5.97 Å². The molecule has 0 fully saturated rings. The van der Waals surface area contributed by atoms with Gasteiger partial charge in [0, 0.05) is 16.9 Å². The molecule has 0 aliphatic carbocycles. The van der Waals surface area contributed by atoms with Crippen LogP contribution in [0.25, 0.3) is 0 Å². The Labute approximate surface area is 120 Å². The van der Waals surface area contributed by atoms with E-state index in [1.54, 1.807) is 13.0 Å². The Bertz CT molecular complexity index is 648. The van der Waals surface area contributed by atoms with Gasteiger partial charge in [-0.3, -0.25) is 4.79 Å². The predicted octanol–water partition coefficient (Wildman–Crippen LogP) is 2.99. The van der Waals surface area contributed by atoms with E-state index in [4.69, 9.17) is 16.7 Å². The number of benzene rings is 1. The Hall–Kier alpha value is -2.40. The summed E-state index contributed by atoms with van der Waals surface area (Å²) in [6, 6.07) is 8.97. The molecular formula is C14H11ClN2O3. The molecule has 1 amide bonds. The van der Waals surface area contributed by atoms with Crippen LogP contribution in [0.15, 0.2) is 36.4 Å². The number of aromatic nitrogens is 1. The zero-order valence-corrected chi connectivity index (χ0v) is 11.3. The Balaban J connectivity index is 2.16. The normalized spacial score (nSPS) is 10.1. The number of carboxylic acid groups (broad SMARTS) is 1. The van der Waals surface area contributed by atoms with Gasteiger partial charge in [-0.1, -0.05) is 11.6 Å². The predicted molar refractivity (Wildman–Crippen MR) is 75.3 cm³/mol. The number of hydrogen-bond acceptors (Lipinski definition) is 3. The molecule has 0 bridgehead atoms. The SMILES string of the molecule is Cc1cc(C(=O)Nc2ccc(C(=O)O)cc2)cc(Cl)n1. The average Bonchev–Trinajstić information content (AvgIpc) is 2.38. The number of hydrogen-bond donors (Lipinski definition) is 2. The second kappa shape index (κ2) is 5.71. The molecule has 0 saturated carbocycles. The van der Waals surface area contributed by atoms with Gasteiger partial charge in [-0.15, -0.1) is 0 Å². The first-order valence-corrected chi connectivity index (χ1v) is 6.12. The number of halogens is 1. The highest BCUT2D eigenvalue weighted by Gasteiger charge is 2.09. The minimum absolute atomic E-state index is 0.158. The summed E-state index contributed by atoms with van der Waals surface area (Å²) < 4.78 is 0. The molecule has 0 atom stereocenters. The average molecular weight is 291 g/mol. The van der Waals surface area contributed by atoms with Crippen molar-refractivity contribution in [2.45, 2.75) is 6.92 Å². The first-order valence-electron chi connectivity index (χ1n) is 5.74. The summed E-state index contributed by atoms with van der Waals surface area (Å²) in [5.74, 6) is -1.35. The van der Waals surface area contributed by atoms with Gasteiger partial charge in [0.2, 0.25) is 0 Å². The zero-order valence-electron chi connectivity index (χ0n) is 10.6. The van der Waals surface area contributed by atoms with Gasteiger partial charge in [0.1, 0.15) is 5.15 Å². The number of anilines is 1. The van der Waals surface area contributed by atoms with Crippen molar-refractivity contribution in [2.75, 3.05) is 5.32 Å². The first-order chi connectivity index (χ1) is 9.45. The lowest BCUT2D eigenvalue weighted by Crippen LogP contribution is -2.12. The number of pyridine rings is 1. The smallest absolute Gasteiger partial charge is 0.335 e. The third-order valence-corrected chi connectivity index (χ3v) is 2.77. The summed E-state index contributed by atoms with van der Waals surface area (Å²) in [4.78, 5) is 26.7. The van der Waals surface area contributed by atoms with Crippen LogP contribution in [0.2, 0.25) is 5.15 Å². The van der Waals surface area contributed by atoms with Crippen molar-refractivity contribution in [2.24, 2.45) is 0 Å². The lowest BCUT2D eigenvalue weighted by atomic mass is 10.2. The van der Waals surface area contributed by atoms with E-state index >= 15 is 0 Å². The molecule has 1 aromatic carbocycles. The molecule has 0 aliphatic rings. The lowest BCUT2D eigenvalue weighted by Gasteiger charge is -2.06. The summed E-state index contributed by atoms with van der Waals surface area (Å²) in [7, 11) is 0. The first kappa shape index (κ1) is 14.0. The van der Waals surface area contributed by atoms with Gasteiger partial charge in [0.05, 0.1) is 5.56 Å². The van der Waals surface area contributed by atoms with Gasteiger partial charge in [-0.2, -0.15) is 0 Å². The van der Waals surface area contributed by atoms with Crippen LogP contribution in [0.4, 0.5) is 5.69 Å². The third kappa shape index (κ3) is 3.33. The van der Waals surface area contributed by atoms with E-state index in [2.05, 4.69) is 10.3 Å². The molecule has 6 heteroatoms. The maximum Gasteiger partial charge on any atom is 0.335 e. The van der Waals surface area contributed by atoms with Crippen molar-refractivity contribution < 1.29 is 14.7 Å². The highest BCUT2D eigenvalue weighted by Crippen LogP contribution is 2.14. The Morgan fingerprint density at radius 1 is 1.15 bits per heavy atom. The molecule has 20 heavy (non-hydrogen) atoms. The Morgan fingerprint density at radius 2 is 1.80 bits per heavy atom. The molecule has 0 spiro atoms. The van der Waals surface area contributed by atoms with Crippen LogP contribution in [0.5, 0.6) is 0 Å². The lowest BCUT2D eigenvalue weighted by molar-refractivity contribution is 0.0696. The molecule has 2 N–H and O–H groups in total. The standard InChI is InChI=1S/C14H11ClN2O3/c1-8-6-10(7-12(15)16-8)13(18)17-11-4-2-9(3-5-11)14(19)20/h2-7H,1H3,(H,17,18)(H,19,20). The number of amides is 1. The Kier molecular flexibility index (Phi) is 4.00. The maximum absolute atomic E-state index is 12.0. The number of nitrogens with zero attached hydrogens (tertiary/aromatic N) is 1. The topological polar surface area (TPSA) is 79.3 Å². The number of nitrogens with one attached hydrogen (secondary N) is 1. The van der Waals surface area contributed by atoms with Crippen LogP contribution in [0.1, 0.15) is 26.4 Å². The van der Waals surface area contributed by atoms with Gasteiger partial charge in [-0.05, 0) is 43.3 Å². The largest absolute Gasteiger partial charge is 0.478 e. The summed E-state index contributed by atoms with van der Waals surface area (Å²) in [6.45, 7) is 1.74. The second-order valence-electron chi connectivity index (χ2n) is 4.16. The van der Waals surface area contributed by atoms with E-state index in [1.165, 1.54) is 30.3 Å². The number of carbonyl (C=O) groups excluding carboxylic acids is 1. The van der Waals surface area contributed by atoms with Crippen LogP contribution in [-0.2, 0) is 0 Å². The van der Waals surface area contributed by atoms with E-state index in [0.29, 0.717) is 16.9 Å². The fourth-order valence-corrected chi connectivity index (χ4v) is 1.91. The van der Waals surface area contributed by atoms with Gasteiger partial charge >= 0.3 is 5.97 Å². The number of rotatable bonds is 3. The molecule has 1 heterocycles. The molecule has 0 aliphatic heterocycles. The van der Waals surface area contributed by atoms with E-state index in [-0.39, 0.29) is 16.6 Å². The van der Waals surface area contributed by atoms with Crippen LogP contribution in [0.3, 0.4) is 0 Å². The minimum atomic E-state index is -1.01. The quantitative estimate of drug-likeness (QED) is 0.852. The summed E-state index contributed by atoms with van der Waals surface area (Å²) in [5, 5.41) is 11.7. The molecule has 2 aromatic rings. The molecule has 0 unspecified atom stereocenters. The van der Waals surface area contributed by atoms with Crippen molar-refractivity contribution in [3.05, 3.63) is 58.4 Å². The van der Waals surface area contributed by atoms with Crippen molar-refractivity contribution >= 4 is 29.2 Å². The summed E-state index contributed by atoms with van der Waals surface area (Å²) >= 11 is 5.80. The minimum Gasteiger partial charge on any atom is -0.478 e. The van der Waals surface area contributed by atoms with Crippen molar-refractivity contribution in [3.63, 3.8) is 0 Å². The highest BCUT2D eigenvalue weighted by molar-refractivity contribution is 6.29. The Morgan fingerprint density at radius 3 is 2.35 bits per heavy atom. The van der Waals surface area contributed by atoms with Crippen LogP contribution in [-0.4, -0.2) is 22.0 Å². The summed E-state index contributed by atoms with van der Waals surface area (Å²) in [5.41, 5.74) is 1.70. The molecule has 2 rings (SSSR count). The second-order valence-corrected chi connectivity index (χ2v) is 4.54. The molecule has 102 valence electrons. The number of carboxylic acids is 1. The monoisotopic (exact) mass is 290 g/mol. The van der Waals surface area contributed by atoms with Crippen molar-refractivity contribution in [1.29, 1.82) is 0 Å². The van der Waals surface area contributed by atoms with E-state index in [9.17, 15) is 9.59 Å². The summed E-state index contributed by atoms with van der Waals surface area (Å²) in [6.07, 6.45) is 0. The van der Waals surface area contributed by atoms with Crippen LogP contribution in [0, 0.1) is 6.92 Å². The van der Waals surface area contributed by atoms with E-state index in [0.717, 1.165) is 0 Å². The van der Waals surface area contributed by atoms with Crippen molar-refractivity contribution in [3.8, 4) is 0 Å². The number of aromatic carboxylic acids is 1. The number of carbonyl (C=O) groups is 2. The fourth-order valence-electron chi connectivity index (χ4n) is 1.66. The maximum atomic E-state index is 12.0. The highest BCUT2D eigenvalue weighted by atomic mass is 35.5. The van der Waals surface area contributed by atoms with Gasteiger partial charge < -0.3 is 10.4 Å². The van der Waals surface area contributed by atoms with Crippen molar-refractivity contribution in [1.82, 2.24) is 4.98 Å². The molecule has 1 aromatic heterocycles. The molecule has 0 radical (unpaired) electrons. The van der Waals surface area contributed by atoms with E-state index in [1.807, 2.05) is 0 Å². The zero-order chi connectivity index (χ0) is 14.7. The molecule has 5 nitrogen and oxygen atoms in total. The van der Waals surface area contributed by atoms with Gasteiger partial charge in [0.25, 0.3) is 5.91 Å². The third-order valence-electron chi connectivity index (χ3n) is 2.57. The van der Waals surface area contributed by atoms with Gasteiger partial charge in [-0.25, -0.2) is 9.78 Å². The van der Waals surface area contributed by atoms with Gasteiger partial charge in [0.15, 0.2) is 0 Å². The van der Waals surface area contributed by atoms with Crippen LogP contribution >= 0.6 is 11.6 Å².